The predicted molar refractivity (Wildman–Crippen MR) is 59.7 cm³/mol. The molecule has 1 fully saturated rings. The molecule has 16 heavy (non-hydrogen) atoms. The summed E-state index contributed by atoms with van der Waals surface area (Å²) in [5.41, 5.74) is 0. The number of ether oxygens (including phenoxy) is 1. The largest absolute Gasteiger partial charge is 0.378 e. The van der Waals surface area contributed by atoms with Gasteiger partial charge in [0, 0.05) is 32.1 Å². The van der Waals surface area contributed by atoms with Gasteiger partial charge in [0.2, 0.25) is 5.91 Å². The first-order chi connectivity index (χ1) is 7.74. The van der Waals surface area contributed by atoms with Crippen molar-refractivity contribution in [1.82, 2.24) is 10.2 Å². The molecule has 1 saturated heterocycles. The molecular formula is C11H19N3O2. The third-order valence-electron chi connectivity index (χ3n) is 2.59. The molecule has 0 aromatic carbocycles. The maximum Gasteiger partial charge on any atom is 0.224 e. The van der Waals surface area contributed by atoms with Crippen LogP contribution in [-0.2, 0) is 9.53 Å². The Bertz CT molecular complexity index is 256. The van der Waals surface area contributed by atoms with Gasteiger partial charge < -0.3 is 15.0 Å². The first-order valence-corrected chi connectivity index (χ1v) is 5.70. The fourth-order valence-electron chi connectivity index (χ4n) is 1.61. The number of nitrogens with zero attached hydrogens (tertiary/aromatic N) is 2. The van der Waals surface area contributed by atoms with Crippen molar-refractivity contribution in [2.24, 2.45) is 0 Å². The van der Waals surface area contributed by atoms with Gasteiger partial charge in [-0.1, -0.05) is 0 Å². The molecule has 0 aliphatic carbocycles. The molecule has 1 aliphatic heterocycles. The van der Waals surface area contributed by atoms with Gasteiger partial charge >= 0.3 is 0 Å². The molecule has 1 amide bonds. The summed E-state index contributed by atoms with van der Waals surface area (Å²) in [7, 11) is 0. The van der Waals surface area contributed by atoms with Gasteiger partial charge in [-0.25, -0.2) is 0 Å². The maximum absolute atomic E-state index is 11.7. The highest BCUT2D eigenvalue weighted by Crippen LogP contribution is 1.99. The molecule has 5 heteroatoms. The number of nitriles is 1. The van der Waals surface area contributed by atoms with Crippen LogP contribution in [-0.4, -0.2) is 49.7 Å². The Hall–Kier alpha value is -1.12. The smallest absolute Gasteiger partial charge is 0.224 e. The zero-order chi connectivity index (χ0) is 11.8. The first kappa shape index (κ1) is 12.9. The van der Waals surface area contributed by atoms with Crippen molar-refractivity contribution in [1.29, 1.82) is 5.26 Å². The number of hydrogen-bond acceptors (Lipinski definition) is 4. The summed E-state index contributed by atoms with van der Waals surface area (Å²) in [5, 5.41) is 11.6. The third kappa shape index (κ3) is 4.60. The van der Waals surface area contributed by atoms with Gasteiger partial charge in [0.05, 0.1) is 25.7 Å². The van der Waals surface area contributed by atoms with Crippen LogP contribution in [0, 0.1) is 11.3 Å². The standard InChI is InChI=1S/C11H19N3O2/c1-10(2-4-12)13-5-3-11(15)14-6-8-16-9-7-14/h10,13H,2-3,5-9H2,1H3. The van der Waals surface area contributed by atoms with Crippen LogP contribution in [0.1, 0.15) is 19.8 Å². The van der Waals surface area contributed by atoms with Gasteiger partial charge in [0.25, 0.3) is 0 Å². The normalized spacial score (nSPS) is 17.9. The minimum atomic E-state index is 0.155. The molecule has 1 unspecified atom stereocenters. The Labute approximate surface area is 96.4 Å². The van der Waals surface area contributed by atoms with E-state index in [1.807, 2.05) is 11.8 Å². The minimum Gasteiger partial charge on any atom is -0.378 e. The quantitative estimate of drug-likeness (QED) is 0.722. The topological polar surface area (TPSA) is 65.4 Å². The number of nitrogens with one attached hydrogen (secondary N) is 1. The molecule has 1 atom stereocenters. The van der Waals surface area contributed by atoms with Crippen molar-refractivity contribution < 1.29 is 9.53 Å². The van der Waals surface area contributed by atoms with Crippen LogP contribution in [0.2, 0.25) is 0 Å². The van der Waals surface area contributed by atoms with Gasteiger partial charge in [-0.05, 0) is 6.92 Å². The molecule has 1 rings (SSSR count). The number of carbonyl (C=O) groups excluding carboxylic acids is 1. The third-order valence-corrected chi connectivity index (χ3v) is 2.59. The zero-order valence-electron chi connectivity index (χ0n) is 9.74. The highest BCUT2D eigenvalue weighted by molar-refractivity contribution is 5.76. The fraction of sp³-hybridized carbons (Fsp3) is 0.818. The van der Waals surface area contributed by atoms with E-state index in [0.717, 1.165) is 0 Å². The molecule has 0 radical (unpaired) electrons. The van der Waals surface area contributed by atoms with E-state index in [4.69, 9.17) is 10.00 Å². The summed E-state index contributed by atoms with van der Waals surface area (Å²) in [5.74, 6) is 0.167. The second-order valence-corrected chi connectivity index (χ2v) is 3.96. The Balaban J connectivity index is 2.12. The molecule has 1 aliphatic rings. The van der Waals surface area contributed by atoms with E-state index in [9.17, 15) is 4.79 Å². The van der Waals surface area contributed by atoms with Gasteiger partial charge in [0.15, 0.2) is 0 Å². The zero-order valence-corrected chi connectivity index (χ0v) is 9.74. The first-order valence-electron chi connectivity index (χ1n) is 5.70. The number of rotatable bonds is 5. The number of morpholine rings is 1. The summed E-state index contributed by atoms with van der Waals surface area (Å²) in [6.45, 7) is 5.27. The second kappa shape index (κ2) is 7.20. The van der Waals surface area contributed by atoms with Crippen LogP contribution >= 0.6 is 0 Å². The molecule has 0 bridgehead atoms. The lowest BCUT2D eigenvalue weighted by Gasteiger charge is -2.27. The predicted octanol–water partition coefficient (Wildman–Crippen LogP) is 0.127. The molecular weight excluding hydrogens is 206 g/mol. The summed E-state index contributed by atoms with van der Waals surface area (Å²) in [6.07, 6.45) is 0.974. The van der Waals surface area contributed by atoms with Crippen molar-refractivity contribution in [3.8, 4) is 6.07 Å². The lowest BCUT2D eigenvalue weighted by molar-refractivity contribution is -0.135. The molecule has 5 nitrogen and oxygen atoms in total. The van der Waals surface area contributed by atoms with Crippen LogP contribution in [0.3, 0.4) is 0 Å². The molecule has 0 aromatic rings. The van der Waals surface area contributed by atoms with E-state index in [1.54, 1.807) is 0 Å². The van der Waals surface area contributed by atoms with E-state index < -0.39 is 0 Å². The molecule has 1 heterocycles. The van der Waals surface area contributed by atoms with Crippen molar-refractivity contribution in [3.05, 3.63) is 0 Å². The fourth-order valence-corrected chi connectivity index (χ4v) is 1.61. The van der Waals surface area contributed by atoms with Crippen LogP contribution in [0.15, 0.2) is 0 Å². The van der Waals surface area contributed by atoms with E-state index in [0.29, 0.717) is 45.7 Å². The molecule has 0 aromatic heterocycles. The Kier molecular flexibility index (Phi) is 5.83. The maximum atomic E-state index is 11.7. The van der Waals surface area contributed by atoms with Gasteiger partial charge in [0.1, 0.15) is 0 Å². The lowest BCUT2D eigenvalue weighted by Crippen LogP contribution is -2.42. The van der Waals surface area contributed by atoms with Crippen molar-refractivity contribution in [2.45, 2.75) is 25.8 Å². The Morgan fingerprint density at radius 1 is 1.56 bits per heavy atom. The second-order valence-electron chi connectivity index (χ2n) is 3.96. The average Bonchev–Trinajstić information content (AvgIpc) is 2.30. The molecule has 90 valence electrons. The Morgan fingerprint density at radius 2 is 2.25 bits per heavy atom. The van der Waals surface area contributed by atoms with Gasteiger partial charge in [-0.3, -0.25) is 4.79 Å². The number of hydrogen-bond donors (Lipinski definition) is 1. The highest BCUT2D eigenvalue weighted by atomic mass is 16.5. The van der Waals surface area contributed by atoms with Crippen LogP contribution in [0.25, 0.3) is 0 Å². The summed E-state index contributed by atoms with van der Waals surface area (Å²) in [4.78, 5) is 13.5. The van der Waals surface area contributed by atoms with E-state index in [-0.39, 0.29) is 11.9 Å². The average molecular weight is 225 g/mol. The number of amides is 1. The van der Waals surface area contributed by atoms with Crippen molar-refractivity contribution in [3.63, 3.8) is 0 Å². The SMILES string of the molecule is CC(CC#N)NCCC(=O)N1CCOCC1. The van der Waals surface area contributed by atoms with Crippen molar-refractivity contribution >= 4 is 5.91 Å². The summed E-state index contributed by atoms with van der Waals surface area (Å²) >= 11 is 0. The van der Waals surface area contributed by atoms with E-state index in [2.05, 4.69) is 11.4 Å². The molecule has 1 N–H and O–H groups in total. The van der Waals surface area contributed by atoms with Crippen LogP contribution in [0.5, 0.6) is 0 Å². The lowest BCUT2D eigenvalue weighted by atomic mass is 10.2. The van der Waals surface area contributed by atoms with Crippen LogP contribution < -0.4 is 5.32 Å². The highest BCUT2D eigenvalue weighted by Gasteiger charge is 2.16. The van der Waals surface area contributed by atoms with Gasteiger partial charge in [-0.2, -0.15) is 5.26 Å². The van der Waals surface area contributed by atoms with E-state index in [1.165, 1.54) is 0 Å². The van der Waals surface area contributed by atoms with Gasteiger partial charge in [-0.15, -0.1) is 0 Å². The molecule has 0 spiro atoms. The number of carbonyl (C=O) groups is 1. The Morgan fingerprint density at radius 3 is 2.88 bits per heavy atom. The monoisotopic (exact) mass is 225 g/mol. The molecule has 0 saturated carbocycles. The summed E-state index contributed by atoms with van der Waals surface area (Å²) in [6, 6.07) is 2.25. The van der Waals surface area contributed by atoms with Crippen LogP contribution in [0.4, 0.5) is 0 Å². The minimum absolute atomic E-state index is 0.155. The summed E-state index contributed by atoms with van der Waals surface area (Å²) < 4.78 is 5.18. The van der Waals surface area contributed by atoms with Crippen molar-refractivity contribution in [2.75, 3.05) is 32.8 Å². The van der Waals surface area contributed by atoms with E-state index >= 15 is 0 Å².